The quantitative estimate of drug-likeness (QED) is 0.545. The van der Waals surface area contributed by atoms with Gasteiger partial charge in [-0.3, -0.25) is 4.98 Å². The zero-order chi connectivity index (χ0) is 17.1. The number of halogens is 1. The molecule has 1 aromatic carbocycles. The molecule has 5 nitrogen and oxygen atoms in total. The molecule has 0 bridgehead atoms. The van der Waals surface area contributed by atoms with Gasteiger partial charge < -0.3 is 10.1 Å². The third-order valence-electron chi connectivity index (χ3n) is 3.53. The Labute approximate surface area is 153 Å². The summed E-state index contributed by atoms with van der Waals surface area (Å²) >= 11 is 7.99. The van der Waals surface area contributed by atoms with E-state index in [1.54, 1.807) is 23.6 Å². The molecule has 0 unspecified atom stereocenters. The zero-order valence-electron chi connectivity index (χ0n) is 12.9. The average molecular weight is 368 g/mol. The predicted octanol–water partition coefficient (Wildman–Crippen LogP) is 4.86. The van der Waals surface area contributed by atoms with Gasteiger partial charge in [-0.1, -0.05) is 17.7 Å². The normalized spacial score (nSPS) is 10.8. The minimum atomic E-state index is 0.504. The SMILES string of the molecule is Clc1cc(Nc2ncnc3cn[c]cc23)ccc1OCc1cccs1. The van der Waals surface area contributed by atoms with Crippen LogP contribution in [0.1, 0.15) is 4.88 Å². The molecule has 0 saturated heterocycles. The monoisotopic (exact) mass is 367 g/mol. The molecule has 0 fully saturated rings. The standard InChI is InChI=1S/C18H12ClN4OS/c19-15-8-12(3-4-17(15)24-10-13-2-1-7-25-13)23-18-14-5-6-20-9-16(14)21-11-22-18/h1-5,7-9,11H,10H2,(H,21,22,23). The van der Waals surface area contributed by atoms with E-state index in [4.69, 9.17) is 16.3 Å². The maximum Gasteiger partial charge on any atom is 0.141 e. The first-order valence-corrected chi connectivity index (χ1v) is 8.74. The highest BCUT2D eigenvalue weighted by atomic mass is 35.5. The summed E-state index contributed by atoms with van der Waals surface area (Å²) in [5.74, 6) is 1.32. The van der Waals surface area contributed by atoms with Gasteiger partial charge >= 0.3 is 0 Å². The van der Waals surface area contributed by atoms with Crippen molar-refractivity contribution in [2.24, 2.45) is 0 Å². The lowest BCUT2D eigenvalue weighted by molar-refractivity contribution is 0.310. The summed E-state index contributed by atoms with van der Waals surface area (Å²) in [6.07, 6.45) is 5.94. The fourth-order valence-electron chi connectivity index (χ4n) is 2.33. The van der Waals surface area contributed by atoms with Gasteiger partial charge in [0.05, 0.1) is 22.9 Å². The van der Waals surface area contributed by atoms with Crippen molar-refractivity contribution in [1.29, 1.82) is 0 Å². The Balaban J connectivity index is 1.54. The highest BCUT2D eigenvalue weighted by Crippen LogP contribution is 2.31. The molecule has 1 radical (unpaired) electrons. The number of benzene rings is 1. The average Bonchev–Trinajstić information content (AvgIpc) is 3.15. The van der Waals surface area contributed by atoms with Crippen LogP contribution in [0.3, 0.4) is 0 Å². The summed E-state index contributed by atoms with van der Waals surface area (Å²) in [7, 11) is 0. The van der Waals surface area contributed by atoms with Crippen molar-refractivity contribution in [1.82, 2.24) is 15.0 Å². The van der Waals surface area contributed by atoms with E-state index in [0.29, 0.717) is 23.2 Å². The Morgan fingerprint density at radius 3 is 3.04 bits per heavy atom. The number of thiophene rings is 1. The van der Waals surface area contributed by atoms with Crippen LogP contribution in [0.5, 0.6) is 5.75 Å². The molecule has 0 saturated carbocycles. The fourth-order valence-corrected chi connectivity index (χ4v) is 3.18. The fraction of sp³-hybridized carbons (Fsp3) is 0.0556. The van der Waals surface area contributed by atoms with Crippen molar-refractivity contribution in [2.45, 2.75) is 6.61 Å². The third-order valence-corrected chi connectivity index (χ3v) is 4.67. The van der Waals surface area contributed by atoms with Crippen LogP contribution >= 0.6 is 22.9 Å². The van der Waals surface area contributed by atoms with Gasteiger partial charge in [-0.2, -0.15) is 0 Å². The van der Waals surface area contributed by atoms with Crippen LogP contribution in [-0.2, 0) is 6.61 Å². The number of fused-ring (bicyclic) bond motifs is 1. The van der Waals surface area contributed by atoms with Crippen LogP contribution in [0, 0.1) is 6.20 Å². The summed E-state index contributed by atoms with van der Waals surface area (Å²) < 4.78 is 5.77. The number of nitrogens with one attached hydrogen (secondary N) is 1. The van der Waals surface area contributed by atoms with Gasteiger partial charge in [0.2, 0.25) is 0 Å². The molecular weight excluding hydrogens is 356 g/mol. The number of rotatable bonds is 5. The number of ether oxygens (including phenoxy) is 1. The van der Waals surface area contributed by atoms with Crippen LogP contribution in [0.2, 0.25) is 5.02 Å². The highest BCUT2D eigenvalue weighted by molar-refractivity contribution is 7.09. The summed E-state index contributed by atoms with van der Waals surface area (Å²) in [5.41, 5.74) is 1.56. The van der Waals surface area contributed by atoms with E-state index in [2.05, 4.69) is 26.5 Å². The van der Waals surface area contributed by atoms with Crippen LogP contribution in [0.4, 0.5) is 11.5 Å². The lowest BCUT2D eigenvalue weighted by Gasteiger charge is -2.11. The van der Waals surface area contributed by atoms with Gasteiger partial charge in [0.1, 0.15) is 24.5 Å². The van der Waals surface area contributed by atoms with Crippen LogP contribution in [-0.4, -0.2) is 15.0 Å². The first-order chi connectivity index (χ1) is 12.3. The molecule has 123 valence electrons. The van der Waals surface area contributed by atoms with E-state index in [-0.39, 0.29) is 0 Å². The maximum absolute atomic E-state index is 6.34. The summed E-state index contributed by atoms with van der Waals surface area (Å²) in [5, 5.41) is 6.64. The Kier molecular flexibility index (Phi) is 4.45. The third kappa shape index (κ3) is 3.55. The Morgan fingerprint density at radius 1 is 1.24 bits per heavy atom. The maximum atomic E-state index is 6.34. The van der Waals surface area contributed by atoms with Crippen LogP contribution in [0.15, 0.2) is 54.3 Å². The van der Waals surface area contributed by atoms with Crippen molar-refractivity contribution >= 4 is 45.3 Å². The molecule has 7 heteroatoms. The molecule has 0 atom stereocenters. The number of anilines is 2. The van der Waals surface area contributed by atoms with E-state index in [1.807, 2.05) is 35.7 Å². The van der Waals surface area contributed by atoms with Gasteiger partial charge in [0.25, 0.3) is 0 Å². The Morgan fingerprint density at radius 2 is 2.20 bits per heavy atom. The van der Waals surface area contributed by atoms with Crippen LogP contribution in [0.25, 0.3) is 10.9 Å². The van der Waals surface area contributed by atoms with Crippen molar-refractivity contribution in [2.75, 3.05) is 5.32 Å². The highest BCUT2D eigenvalue weighted by Gasteiger charge is 2.07. The Hall–Kier alpha value is -2.70. The molecule has 1 N–H and O–H groups in total. The lowest BCUT2D eigenvalue weighted by atomic mass is 10.2. The van der Waals surface area contributed by atoms with Crippen molar-refractivity contribution in [3.63, 3.8) is 0 Å². The van der Waals surface area contributed by atoms with E-state index >= 15 is 0 Å². The molecule has 4 aromatic rings. The topological polar surface area (TPSA) is 59.9 Å². The van der Waals surface area contributed by atoms with Crippen LogP contribution < -0.4 is 10.1 Å². The molecule has 0 aliphatic rings. The number of nitrogens with zero attached hydrogens (tertiary/aromatic N) is 3. The molecule has 3 heterocycles. The molecule has 3 aromatic heterocycles. The molecule has 4 rings (SSSR count). The molecule has 0 aliphatic carbocycles. The zero-order valence-corrected chi connectivity index (χ0v) is 14.5. The first-order valence-electron chi connectivity index (χ1n) is 7.48. The second-order valence-electron chi connectivity index (χ2n) is 5.19. The van der Waals surface area contributed by atoms with E-state index < -0.39 is 0 Å². The molecule has 0 amide bonds. The van der Waals surface area contributed by atoms with Gasteiger partial charge in [-0.05, 0) is 35.7 Å². The van der Waals surface area contributed by atoms with Gasteiger partial charge in [0.15, 0.2) is 0 Å². The minimum absolute atomic E-state index is 0.504. The summed E-state index contributed by atoms with van der Waals surface area (Å²) in [6.45, 7) is 0.504. The van der Waals surface area contributed by atoms with E-state index in [1.165, 1.54) is 6.33 Å². The number of pyridine rings is 1. The summed E-state index contributed by atoms with van der Waals surface area (Å²) in [6, 6.07) is 11.3. The molecule has 25 heavy (non-hydrogen) atoms. The van der Waals surface area contributed by atoms with Crippen molar-refractivity contribution < 1.29 is 4.74 Å². The minimum Gasteiger partial charge on any atom is -0.487 e. The molecule has 0 spiro atoms. The number of hydrogen-bond acceptors (Lipinski definition) is 6. The first kappa shape index (κ1) is 15.8. The smallest absolute Gasteiger partial charge is 0.141 e. The van der Waals surface area contributed by atoms with Gasteiger partial charge in [-0.15, -0.1) is 11.3 Å². The Bertz CT molecular complexity index is 1000. The van der Waals surface area contributed by atoms with Gasteiger partial charge in [-0.25, -0.2) is 9.97 Å². The van der Waals surface area contributed by atoms with Crippen molar-refractivity contribution in [3.05, 3.63) is 70.4 Å². The van der Waals surface area contributed by atoms with Gasteiger partial charge in [0, 0.05) is 16.0 Å². The largest absolute Gasteiger partial charge is 0.487 e. The predicted molar refractivity (Wildman–Crippen MR) is 99.6 cm³/mol. The second kappa shape index (κ2) is 7.04. The molecular formula is C18H12ClN4OS. The van der Waals surface area contributed by atoms with Crippen molar-refractivity contribution in [3.8, 4) is 5.75 Å². The summed E-state index contributed by atoms with van der Waals surface area (Å²) in [4.78, 5) is 13.6. The number of aromatic nitrogens is 3. The molecule has 0 aliphatic heterocycles. The van der Waals surface area contributed by atoms with E-state index in [0.717, 1.165) is 21.5 Å². The lowest BCUT2D eigenvalue weighted by Crippen LogP contribution is -1.98. The second-order valence-corrected chi connectivity index (χ2v) is 6.63. The van der Waals surface area contributed by atoms with E-state index in [9.17, 15) is 0 Å². The number of hydrogen-bond donors (Lipinski definition) is 1.